The van der Waals surface area contributed by atoms with Crippen molar-refractivity contribution in [3.05, 3.63) is 21.9 Å². The van der Waals surface area contributed by atoms with E-state index in [4.69, 9.17) is 5.26 Å². The first-order valence-corrected chi connectivity index (χ1v) is 5.56. The highest BCUT2D eigenvalue weighted by Crippen LogP contribution is 2.21. The van der Waals surface area contributed by atoms with Gasteiger partial charge in [-0.15, -0.1) is 11.3 Å². The monoisotopic (exact) mass is 207 g/mol. The molecule has 74 valence electrons. The van der Waals surface area contributed by atoms with Gasteiger partial charge in [-0.05, 0) is 30.4 Å². The Hall–Kier alpha value is -1.14. The molecule has 0 aliphatic carbocycles. The molecule has 1 rings (SSSR count). The molecule has 1 aromatic rings. The summed E-state index contributed by atoms with van der Waals surface area (Å²) < 4.78 is 0. The molecule has 0 saturated heterocycles. The summed E-state index contributed by atoms with van der Waals surface area (Å²) in [5.41, 5.74) is 0.983. The van der Waals surface area contributed by atoms with Gasteiger partial charge in [-0.2, -0.15) is 5.26 Å². The Bertz CT molecular complexity index is 362. The number of rotatable bonds is 4. The first-order valence-electron chi connectivity index (χ1n) is 4.68. The van der Waals surface area contributed by atoms with Gasteiger partial charge in [0.2, 0.25) is 0 Å². The van der Waals surface area contributed by atoms with Gasteiger partial charge in [0.05, 0.1) is 10.9 Å². The van der Waals surface area contributed by atoms with Gasteiger partial charge in [0, 0.05) is 0 Å². The minimum Gasteiger partial charge on any atom is -0.292 e. The maximum Gasteiger partial charge on any atom is 0.190 e. The number of ketones is 1. The molecule has 1 atom stereocenters. The number of nitriles is 1. The van der Waals surface area contributed by atoms with Crippen molar-refractivity contribution in [2.75, 3.05) is 0 Å². The smallest absolute Gasteiger partial charge is 0.190 e. The summed E-state index contributed by atoms with van der Waals surface area (Å²) in [6, 6.07) is 3.99. The third-order valence-electron chi connectivity index (χ3n) is 2.14. The van der Waals surface area contributed by atoms with E-state index in [0.29, 0.717) is 6.42 Å². The molecule has 0 fully saturated rings. The summed E-state index contributed by atoms with van der Waals surface area (Å²) in [7, 11) is 0. The van der Waals surface area contributed by atoms with Crippen LogP contribution in [0.15, 0.2) is 11.4 Å². The zero-order chi connectivity index (χ0) is 10.6. The first kappa shape index (κ1) is 10.9. The summed E-state index contributed by atoms with van der Waals surface area (Å²) in [6.07, 6.45) is 1.53. The zero-order valence-corrected chi connectivity index (χ0v) is 9.23. The fourth-order valence-corrected chi connectivity index (χ4v) is 2.25. The lowest BCUT2D eigenvalue weighted by atomic mass is 9.98. The molecule has 0 saturated carbocycles. The van der Waals surface area contributed by atoms with Crippen molar-refractivity contribution in [3.63, 3.8) is 0 Å². The minimum atomic E-state index is -0.461. The van der Waals surface area contributed by atoms with Gasteiger partial charge in [-0.25, -0.2) is 0 Å². The molecule has 3 heteroatoms. The Balaban J connectivity index is 2.85. The van der Waals surface area contributed by atoms with Crippen LogP contribution in [0.25, 0.3) is 0 Å². The maximum absolute atomic E-state index is 11.8. The Morgan fingerprint density at radius 3 is 2.86 bits per heavy atom. The zero-order valence-electron chi connectivity index (χ0n) is 8.41. The highest BCUT2D eigenvalue weighted by atomic mass is 32.1. The second-order valence-corrected chi connectivity index (χ2v) is 4.18. The van der Waals surface area contributed by atoms with Crippen LogP contribution < -0.4 is 0 Å². The van der Waals surface area contributed by atoms with Gasteiger partial charge in [-0.1, -0.05) is 13.3 Å². The molecule has 0 aliphatic rings. The third kappa shape index (κ3) is 2.21. The largest absolute Gasteiger partial charge is 0.292 e. The number of nitrogens with zero attached hydrogens (tertiary/aromatic N) is 1. The second-order valence-electron chi connectivity index (χ2n) is 3.27. The topological polar surface area (TPSA) is 40.9 Å². The molecule has 1 unspecified atom stereocenters. The fourth-order valence-electron chi connectivity index (χ4n) is 1.33. The summed E-state index contributed by atoms with van der Waals surface area (Å²) in [6.45, 7) is 3.89. The van der Waals surface area contributed by atoms with Crippen LogP contribution in [0.3, 0.4) is 0 Å². The molecule has 0 radical (unpaired) electrons. The summed E-state index contributed by atoms with van der Waals surface area (Å²) in [4.78, 5) is 12.6. The Kier molecular flexibility index (Phi) is 3.84. The molecule has 14 heavy (non-hydrogen) atoms. The number of thiophene rings is 1. The van der Waals surface area contributed by atoms with E-state index >= 15 is 0 Å². The van der Waals surface area contributed by atoms with Gasteiger partial charge in [-0.3, -0.25) is 4.79 Å². The van der Waals surface area contributed by atoms with Gasteiger partial charge >= 0.3 is 0 Å². The van der Waals surface area contributed by atoms with Crippen molar-refractivity contribution >= 4 is 17.1 Å². The van der Waals surface area contributed by atoms with E-state index in [9.17, 15) is 4.79 Å². The summed E-state index contributed by atoms with van der Waals surface area (Å²) >= 11 is 1.43. The first-order chi connectivity index (χ1) is 6.70. The van der Waals surface area contributed by atoms with Crippen molar-refractivity contribution in [2.24, 2.45) is 5.92 Å². The van der Waals surface area contributed by atoms with E-state index in [1.807, 2.05) is 25.3 Å². The lowest BCUT2D eigenvalue weighted by molar-refractivity contribution is 0.0947. The van der Waals surface area contributed by atoms with Crippen LogP contribution in [-0.4, -0.2) is 5.78 Å². The molecule has 1 aromatic heterocycles. The Labute approximate surface area is 88.2 Å². The summed E-state index contributed by atoms with van der Waals surface area (Å²) in [5, 5.41) is 10.7. The average Bonchev–Trinajstić information content (AvgIpc) is 2.59. The third-order valence-corrected chi connectivity index (χ3v) is 3.17. The van der Waals surface area contributed by atoms with Crippen molar-refractivity contribution in [1.29, 1.82) is 5.26 Å². The lowest BCUT2D eigenvalue weighted by Gasteiger charge is -2.04. The molecule has 0 aliphatic heterocycles. The minimum absolute atomic E-state index is 0.0122. The summed E-state index contributed by atoms with van der Waals surface area (Å²) in [5.74, 6) is -0.473. The standard InChI is InChI=1S/C11H13NOS/c1-3-4-9(7-12)10(13)11-8(2)5-6-14-11/h5-6,9H,3-4H2,1-2H3. The van der Waals surface area contributed by atoms with Crippen LogP contribution in [0.5, 0.6) is 0 Å². The SMILES string of the molecule is CCCC(C#N)C(=O)c1sccc1C. The van der Waals surface area contributed by atoms with Crippen molar-refractivity contribution < 1.29 is 4.79 Å². The molecule has 0 N–H and O–H groups in total. The number of carbonyl (C=O) groups excluding carboxylic acids is 1. The maximum atomic E-state index is 11.8. The molecule has 1 heterocycles. The van der Waals surface area contributed by atoms with Gasteiger partial charge in [0.25, 0.3) is 0 Å². The molecule has 2 nitrogen and oxygen atoms in total. The van der Waals surface area contributed by atoms with Crippen LogP contribution in [0.2, 0.25) is 0 Å². The van der Waals surface area contributed by atoms with E-state index < -0.39 is 5.92 Å². The molecule has 0 bridgehead atoms. The number of carbonyl (C=O) groups is 1. The van der Waals surface area contributed by atoms with Crippen molar-refractivity contribution in [2.45, 2.75) is 26.7 Å². The highest BCUT2D eigenvalue weighted by Gasteiger charge is 2.20. The Morgan fingerprint density at radius 2 is 2.43 bits per heavy atom. The average molecular weight is 207 g/mol. The van der Waals surface area contributed by atoms with Gasteiger partial charge < -0.3 is 0 Å². The lowest BCUT2D eigenvalue weighted by Crippen LogP contribution is -2.12. The van der Waals surface area contributed by atoms with E-state index in [1.54, 1.807) is 0 Å². The van der Waals surface area contributed by atoms with Gasteiger partial charge in [0.1, 0.15) is 5.92 Å². The normalized spacial score (nSPS) is 12.1. The number of hydrogen-bond donors (Lipinski definition) is 0. The van der Waals surface area contributed by atoms with E-state index in [-0.39, 0.29) is 5.78 Å². The molecule has 0 spiro atoms. The predicted octanol–water partition coefficient (Wildman–Crippen LogP) is 3.18. The van der Waals surface area contributed by atoms with E-state index in [2.05, 4.69) is 6.07 Å². The van der Waals surface area contributed by atoms with Crippen LogP contribution >= 0.6 is 11.3 Å². The second kappa shape index (κ2) is 4.92. The molecular formula is C11H13NOS. The van der Waals surface area contributed by atoms with Crippen LogP contribution in [0.4, 0.5) is 0 Å². The molecular weight excluding hydrogens is 194 g/mol. The number of aryl methyl sites for hydroxylation is 1. The fraction of sp³-hybridized carbons (Fsp3) is 0.455. The Morgan fingerprint density at radius 1 is 1.71 bits per heavy atom. The predicted molar refractivity (Wildman–Crippen MR) is 57.4 cm³/mol. The molecule has 0 aromatic carbocycles. The van der Waals surface area contributed by atoms with Crippen LogP contribution in [-0.2, 0) is 0 Å². The van der Waals surface area contributed by atoms with Gasteiger partial charge in [0.15, 0.2) is 5.78 Å². The van der Waals surface area contributed by atoms with E-state index in [1.165, 1.54) is 11.3 Å². The quantitative estimate of drug-likeness (QED) is 0.711. The van der Waals surface area contributed by atoms with Crippen LogP contribution in [0, 0.1) is 24.2 Å². The number of hydrogen-bond acceptors (Lipinski definition) is 3. The highest BCUT2D eigenvalue weighted by molar-refractivity contribution is 7.12. The van der Waals surface area contributed by atoms with Crippen molar-refractivity contribution in [1.82, 2.24) is 0 Å². The number of Topliss-reactive ketones (excluding diaryl/α,β-unsaturated/α-hetero) is 1. The van der Waals surface area contributed by atoms with E-state index in [0.717, 1.165) is 16.9 Å². The van der Waals surface area contributed by atoms with Crippen molar-refractivity contribution in [3.8, 4) is 6.07 Å². The molecule has 0 amide bonds. The van der Waals surface area contributed by atoms with Crippen LogP contribution in [0.1, 0.15) is 35.0 Å².